The van der Waals surface area contributed by atoms with Gasteiger partial charge in [0.25, 0.3) is 11.5 Å². The molecule has 3 aromatic rings. The monoisotopic (exact) mass is 459 g/mol. The highest BCUT2D eigenvalue weighted by atomic mass is 35.5. The molecular weight excluding hydrogens is 438 g/mol. The summed E-state index contributed by atoms with van der Waals surface area (Å²) in [5, 5.41) is 3.10. The first-order valence-corrected chi connectivity index (χ1v) is 11.6. The van der Waals surface area contributed by atoms with Gasteiger partial charge in [-0.1, -0.05) is 60.1 Å². The van der Waals surface area contributed by atoms with Gasteiger partial charge in [-0.05, 0) is 23.3 Å². The number of amides is 1. The first kappa shape index (κ1) is 22.7. The molecule has 0 saturated carbocycles. The van der Waals surface area contributed by atoms with Crippen molar-refractivity contribution in [2.24, 2.45) is 0 Å². The van der Waals surface area contributed by atoms with Crippen LogP contribution in [0.2, 0.25) is 5.02 Å². The molecule has 7 nitrogen and oxygen atoms in total. The molecule has 9 heteroatoms. The van der Waals surface area contributed by atoms with Crippen molar-refractivity contribution >= 4 is 27.5 Å². The molecule has 3 rings (SSSR count). The summed E-state index contributed by atoms with van der Waals surface area (Å²) in [7, 11) is -3.55. The highest BCUT2D eigenvalue weighted by Gasteiger charge is 2.13. The zero-order chi connectivity index (χ0) is 22.3. The predicted molar refractivity (Wildman–Crippen MR) is 121 cm³/mol. The normalized spacial score (nSPS) is 11.3. The first-order chi connectivity index (χ1) is 14.8. The Kier molecular flexibility index (Phi) is 7.62. The van der Waals surface area contributed by atoms with Gasteiger partial charge in [0.05, 0.1) is 17.9 Å². The zero-order valence-corrected chi connectivity index (χ0v) is 18.2. The summed E-state index contributed by atoms with van der Waals surface area (Å²) in [5.74, 6) is -0.726. The Balaban J connectivity index is 1.57. The zero-order valence-electron chi connectivity index (χ0n) is 16.6. The van der Waals surface area contributed by atoms with Crippen LogP contribution in [0.3, 0.4) is 0 Å². The molecular formula is C22H22ClN3O4S. The van der Waals surface area contributed by atoms with Crippen LogP contribution in [0.1, 0.15) is 21.5 Å². The number of pyridine rings is 1. The van der Waals surface area contributed by atoms with Crippen molar-refractivity contribution in [1.29, 1.82) is 0 Å². The lowest BCUT2D eigenvalue weighted by molar-refractivity contribution is 0.0955. The fraction of sp³-hybridized carbons (Fsp3) is 0.182. The van der Waals surface area contributed by atoms with Crippen LogP contribution in [0.4, 0.5) is 0 Å². The van der Waals surface area contributed by atoms with Crippen molar-refractivity contribution < 1.29 is 13.2 Å². The van der Waals surface area contributed by atoms with E-state index in [1.165, 1.54) is 22.9 Å². The summed E-state index contributed by atoms with van der Waals surface area (Å²) in [5.41, 5.74) is 1.57. The van der Waals surface area contributed by atoms with Gasteiger partial charge in [0.2, 0.25) is 10.0 Å². The maximum Gasteiger partial charge on any atom is 0.252 e. The molecule has 0 aliphatic heterocycles. The van der Waals surface area contributed by atoms with Gasteiger partial charge in [0.15, 0.2) is 0 Å². The number of nitrogens with one attached hydrogen (secondary N) is 2. The fourth-order valence-corrected chi connectivity index (χ4v) is 3.96. The number of aromatic nitrogens is 1. The minimum atomic E-state index is -3.55. The summed E-state index contributed by atoms with van der Waals surface area (Å²) in [6.45, 7) is 0.341. The molecule has 2 N–H and O–H groups in total. The van der Waals surface area contributed by atoms with Crippen LogP contribution >= 0.6 is 11.6 Å². The molecule has 2 aromatic carbocycles. The van der Waals surface area contributed by atoms with E-state index in [-0.39, 0.29) is 36.5 Å². The summed E-state index contributed by atoms with van der Waals surface area (Å²) >= 11 is 6.15. The van der Waals surface area contributed by atoms with Crippen LogP contribution in [-0.4, -0.2) is 31.2 Å². The third-order valence-electron chi connectivity index (χ3n) is 4.54. The van der Waals surface area contributed by atoms with Crippen molar-refractivity contribution in [1.82, 2.24) is 14.6 Å². The molecule has 0 saturated heterocycles. The Labute approximate surface area is 185 Å². The number of carbonyl (C=O) groups is 1. The van der Waals surface area contributed by atoms with E-state index in [9.17, 15) is 18.0 Å². The molecule has 0 aliphatic carbocycles. The van der Waals surface area contributed by atoms with E-state index in [2.05, 4.69) is 10.0 Å². The minimum Gasteiger partial charge on any atom is -0.351 e. The molecule has 0 radical (unpaired) electrons. The fourth-order valence-electron chi connectivity index (χ4n) is 2.86. The highest BCUT2D eigenvalue weighted by Crippen LogP contribution is 2.15. The average Bonchev–Trinajstić information content (AvgIpc) is 2.76. The lowest BCUT2D eigenvalue weighted by atomic mass is 10.2. The van der Waals surface area contributed by atoms with E-state index in [0.717, 1.165) is 11.1 Å². The lowest BCUT2D eigenvalue weighted by Crippen LogP contribution is -2.34. The third kappa shape index (κ3) is 6.78. The van der Waals surface area contributed by atoms with E-state index in [0.29, 0.717) is 5.02 Å². The Morgan fingerprint density at radius 3 is 2.42 bits per heavy atom. The molecule has 0 spiro atoms. The first-order valence-electron chi connectivity index (χ1n) is 9.57. The van der Waals surface area contributed by atoms with Gasteiger partial charge in [-0.25, -0.2) is 13.1 Å². The van der Waals surface area contributed by atoms with E-state index < -0.39 is 15.9 Å². The van der Waals surface area contributed by atoms with Gasteiger partial charge < -0.3 is 9.88 Å². The van der Waals surface area contributed by atoms with Gasteiger partial charge in [-0.3, -0.25) is 9.59 Å². The van der Waals surface area contributed by atoms with Crippen molar-refractivity contribution in [3.05, 3.63) is 105 Å². The maximum atomic E-state index is 12.4. The number of hydrogen-bond acceptors (Lipinski definition) is 4. The molecule has 1 heterocycles. The molecule has 1 amide bonds. The van der Waals surface area contributed by atoms with Crippen LogP contribution in [0.15, 0.2) is 77.7 Å². The van der Waals surface area contributed by atoms with E-state index in [4.69, 9.17) is 11.6 Å². The number of benzene rings is 2. The molecule has 1 aromatic heterocycles. The SMILES string of the molecule is O=C(NCCS(=O)(=O)NCc1ccccc1)c1ccc(=O)n(Cc2ccccc2Cl)c1. The number of nitrogens with zero attached hydrogens (tertiary/aromatic N) is 1. The molecule has 0 fully saturated rings. The Bertz CT molecular complexity index is 1210. The molecule has 0 bridgehead atoms. The van der Waals surface area contributed by atoms with E-state index >= 15 is 0 Å². The van der Waals surface area contributed by atoms with E-state index in [1.54, 1.807) is 18.2 Å². The topological polar surface area (TPSA) is 97.3 Å². The number of carbonyl (C=O) groups excluding carboxylic acids is 1. The number of sulfonamides is 1. The second-order valence-corrected chi connectivity index (χ2v) is 9.19. The Morgan fingerprint density at radius 1 is 0.968 bits per heavy atom. The standard InChI is InChI=1S/C22H22ClN3O4S/c23-20-9-5-4-8-18(20)15-26-16-19(10-11-21(26)27)22(28)24-12-13-31(29,30)25-14-17-6-2-1-3-7-17/h1-11,16,25H,12-15H2,(H,24,28). The lowest BCUT2D eigenvalue weighted by Gasteiger charge is -2.11. The highest BCUT2D eigenvalue weighted by molar-refractivity contribution is 7.89. The summed E-state index contributed by atoms with van der Waals surface area (Å²) in [4.78, 5) is 24.6. The smallest absolute Gasteiger partial charge is 0.252 e. The van der Waals surface area contributed by atoms with Crippen molar-refractivity contribution in [2.75, 3.05) is 12.3 Å². The minimum absolute atomic E-state index is 0.0629. The van der Waals surface area contributed by atoms with Gasteiger partial charge in [-0.15, -0.1) is 0 Å². The molecule has 162 valence electrons. The van der Waals surface area contributed by atoms with E-state index in [1.807, 2.05) is 36.4 Å². The van der Waals surface area contributed by atoms with Crippen molar-refractivity contribution in [3.8, 4) is 0 Å². The summed E-state index contributed by atoms with van der Waals surface area (Å²) in [6, 6.07) is 19.0. The molecule has 0 aliphatic rings. The van der Waals surface area contributed by atoms with Gasteiger partial charge in [0.1, 0.15) is 0 Å². The largest absolute Gasteiger partial charge is 0.351 e. The predicted octanol–water partition coefficient (Wildman–Crippen LogP) is 2.40. The molecule has 0 unspecified atom stereocenters. The average molecular weight is 460 g/mol. The molecule has 0 atom stereocenters. The van der Waals surface area contributed by atoms with Gasteiger partial charge >= 0.3 is 0 Å². The van der Waals surface area contributed by atoms with Crippen LogP contribution in [0, 0.1) is 0 Å². The number of halogens is 1. The van der Waals surface area contributed by atoms with Crippen LogP contribution in [-0.2, 0) is 23.1 Å². The van der Waals surface area contributed by atoms with Crippen LogP contribution < -0.4 is 15.6 Å². The van der Waals surface area contributed by atoms with Crippen molar-refractivity contribution in [2.45, 2.75) is 13.1 Å². The second kappa shape index (κ2) is 10.4. The van der Waals surface area contributed by atoms with Crippen molar-refractivity contribution in [3.63, 3.8) is 0 Å². The molecule has 31 heavy (non-hydrogen) atoms. The quantitative estimate of drug-likeness (QED) is 0.513. The second-order valence-electron chi connectivity index (χ2n) is 6.86. The van der Waals surface area contributed by atoms with Crippen LogP contribution in [0.25, 0.3) is 0 Å². The third-order valence-corrected chi connectivity index (χ3v) is 6.23. The van der Waals surface area contributed by atoms with Crippen LogP contribution in [0.5, 0.6) is 0 Å². The Morgan fingerprint density at radius 2 is 1.68 bits per heavy atom. The number of rotatable bonds is 9. The summed E-state index contributed by atoms with van der Waals surface area (Å²) < 4.78 is 28.2. The summed E-state index contributed by atoms with van der Waals surface area (Å²) in [6.07, 6.45) is 1.43. The van der Waals surface area contributed by atoms with Gasteiger partial charge in [0, 0.05) is 30.4 Å². The van der Waals surface area contributed by atoms with Gasteiger partial charge in [-0.2, -0.15) is 0 Å². The Hall–Kier alpha value is -2.94. The maximum absolute atomic E-state index is 12.4. The number of hydrogen-bond donors (Lipinski definition) is 2.